The Bertz CT molecular complexity index is 520. The van der Waals surface area contributed by atoms with Crippen LogP contribution in [-0.4, -0.2) is 44.6 Å². The summed E-state index contributed by atoms with van der Waals surface area (Å²) < 4.78 is 0. The molecular formula is C17H27N3O2. The summed E-state index contributed by atoms with van der Waals surface area (Å²) in [5.41, 5.74) is 0.304. The van der Waals surface area contributed by atoms with Crippen molar-refractivity contribution in [1.29, 1.82) is 0 Å². The molecule has 2 fully saturated rings. The van der Waals surface area contributed by atoms with Gasteiger partial charge in [-0.1, -0.05) is 19.3 Å². The number of aliphatic hydroxyl groups is 1. The van der Waals surface area contributed by atoms with Crippen LogP contribution in [-0.2, 0) is 4.79 Å². The standard InChI is InChI=1S/C17H27N3O2/c1-13-11-18-16(19-13)14-6-5-9-20(12-14)15(21)10-17(22)7-3-2-4-8-17/h11,14,22H,2-10,12H2,1H3,(H,18,19)/t14-/m1/s1. The van der Waals surface area contributed by atoms with Crippen LogP contribution in [0.5, 0.6) is 0 Å². The minimum Gasteiger partial charge on any atom is -0.389 e. The summed E-state index contributed by atoms with van der Waals surface area (Å²) in [5.74, 6) is 1.40. The molecule has 2 N–H and O–H groups in total. The largest absolute Gasteiger partial charge is 0.389 e. The zero-order valence-electron chi connectivity index (χ0n) is 13.5. The van der Waals surface area contributed by atoms with E-state index in [-0.39, 0.29) is 12.3 Å². The molecule has 1 aliphatic carbocycles. The molecule has 0 spiro atoms. The summed E-state index contributed by atoms with van der Waals surface area (Å²) in [6.07, 6.45) is 9.02. The van der Waals surface area contributed by atoms with E-state index in [9.17, 15) is 9.90 Å². The van der Waals surface area contributed by atoms with Crippen molar-refractivity contribution >= 4 is 5.91 Å². The molecular weight excluding hydrogens is 278 g/mol. The topological polar surface area (TPSA) is 69.2 Å². The molecule has 122 valence electrons. The number of hydrogen-bond donors (Lipinski definition) is 2. The molecule has 22 heavy (non-hydrogen) atoms. The monoisotopic (exact) mass is 305 g/mol. The highest BCUT2D eigenvalue weighted by Gasteiger charge is 2.35. The number of nitrogens with zero attached hydrogens (tertiary/aromatic N) is 2. The number of aromatic amines is 1. The number of aromatic nitrogens is 2. The second kappa shape index (κ2) is 6.41. The normalized spacial score (nSPS) is 25.2. The van der Waals surface area contributed by atoms with Crippen molar-refractivity contribution in [1.82, 2.24) is 14.9 Å². The maximum atomic E-state index is 12.6. The smallest absolute Gasteiger partial charge is 0.225 e. The summed E-state index contributed by atoms with van der Waals surface area (Å²) in [4.78, 5) is 22.2. The van der Waals surface area contributed by atoms with Crippen molar-refractivity contribution in [2.75, 3.05) is 13.1 Å². The van der Waals surface area contributed by atoms with Crippen molar-refractivity contribution in [2.45, 2.75) is 69.8 Å². The maximum absolute atomic E-state index is 12.6. The van der Waals surface area contributed by atoms with Crippen LogP contribution in [0.2, 0.25) is 0 Å². The third-order valence-electron chi connectivity index (χ3n) is 5.15. The van der Waals surface area contributed by atoms with Crippen molar-refractivity contribution in [3.8, 4) is 0 Å². The zero-order valence-corrected chi connectivity index (χ0v) is 13.5. The lowest BCUT2D eigenvalue weighted by Crippen LogP contribution is -2.44. The third kappa shape index (κ3) is 3.51. The van der Waals surface area contributed by atoms with E-state index in [0.29, 0.717) is 5.92 Å². The number of imidazole rings is 1. The molecule has 2 aliphatic rings. The number of piperidine rings is 1. The van der Waals surface area contributed by atoms with Crippen molar-refractivity contribution in [3.05, 3.63) is 17.7 Å². The Morgan fingerprint density at radius 1 is 1.41 bits per heavy atom. The Kier molecular flexibility index (Phi) is 4.52. The van der Waals surface area contributed by atoms with E-state index in [1.54, 1.807) is 0 Å². The Morgan fingerprint density at radius 2 is 2.18 bits per heavy atom. The Balaban J connectivity index is 1.60. The summed E-state index contributed by atoms with van der Waals surface area (Å²) >= 11 is 0. The van der Waals surface area contributed by atoms with Gasteiger partial charge in [0.2, 0.25) is 5.91 Å². The molecule has 1 saturated carbocycles. The van der Waals surface area contributed by atoms with Gasteiger partial charge in [0.15, 0.2) is 0 Å². The second-order valence-electron chi connectivity index (χ2n) is 7.09. The molecule has 5 heteroatoms. The predicted molar refractivity (Wildman–Crippen MR) is 84.5 cm³/mol. The van der Waals surface area contributed by atoms with Gasteiger partial charge >= 0.3 is 0 Å². The zero-order chi connectivity index (χ0) is 15.6. The van der Waals surface area contributed by atoms with Crippen molar-refractivity contribution < 1.29 is 9.90 Å². The number of likely N-dealkylation sites (tertiary alicyclic amines) is 1. The highest BCUT2D eigenvalue weighted by Crippen LogP contribution is 2.32. The summed E-state index contributed by atoms with van der Waals surface area (Å²) in [6.45, 7) is 3.54. The highest BCUT2D eigenvalue weighted by atomic mass is 16.3. The fourth-order valence-electron chi connectivity index (χ4n) is 3.85. The minimum absolute atomic E-state index is 0.109. The molecule has 5 nitrogen and oxygen atoms in total. The first kappa shape index (κ1) is 15.5. The van der Waals surface area contributed by atoms with E-state index < -0.39 is 5.60 Å². The molecule has 1 atom stereocenters. The van der Waals surface area contributed by atoms with Crippen LogP contribution in [0.15, 0.2) is 6.20 Å². The molecule has 2 heterocycles. The molecule has 1 amide bonds. The minimum atomic E-state index is -0.760. The summed E-state index contributed by atoms with van der Waals surface area (Å²) in [5, 5.41) is 10.6. The Hall–Kier alpha value is -1.36. The van der Waals surface area contributed by atoms with E-state index in [4.69, 9.17) is 0 Å². The van der Waals surface area contributed by atoms with Crippen LogP contribution >= 0.6 is 0 Å². The van der Waals surface area contributed by atoms with Gasteiger partial charge in [0.25, 0.3) is 0 Å². The third-order valence-corrected chi connectivity index (χ3v) is 5.15. The van der Waals surface area contributed by atoms with Crippen LogP contribution in [0.4, 0.5) is 0 Å². The predicted octanol–water partition coefficient (Wildman–Crippen LogP) is 2.51. The van der Waals surface area contributed by atoms with E-state index in [1.165, 1.54) is 6.42 Å². The summed E-state index contributed by atoms with van der Waals surface area (Å²) in [6, 6.07) is 0. The van der Waals surface area contributed by atoms with Crippen LogP contribution < -0.4 is 0 Å². The first-order valence-corrected chi connectivity index (χ1v) is 8.57. The fourth-order valence-corrected chi connectivity index (χ4v) is 3.85. The van der Waals surface area contributed by atoms with Gasteiger partial charge < -0.3 is 15.0 Å². The van der Waals surface area contributed by atoms with E-state index in [0.717, 1.165) is 63.1 Å². The highest BCUT2D eigenvalue weighted by molar-refractivity contribution is 5.77. The first-order valence-electron chi connectivity index (χ1n) is 8.57. The van der Waals surface area contributed by atoms with Gasteiger partial charge in [0.05, 0.1) is 12.0 Å². The number of hydrogen-bond acceptors (Lipinski definition) is 3. The SMILES string of the molecule is Cc1cnc([C@@H]2CCCN(C(=O)CC3(O)CCCCC3)C2)[nH]1. The van der Waals surface area contributed by atoms with Gasteiger partial charge in [-0.25, -0.2) is 4.98 Å². The van der Waals surface area contributed by atoms with Crippen molar-refractivity contribution in [3.63, 3.8) is 0 Å². The van der Waals surface area contributed by atoms with Crippen LogP contribution in [0.1, 0.15) is 68.8 Å². The van der Waals surface area contributed by atoms with E-state index >= 15 is 0 Å². The molecule has 1 aromatic rings. The average Bonchev–Trinajstić information content (AvgIpc) is 2.94. The lowest BCUT2D eigenvalue weighted by molar-refractivity contribution is -0.139. The number of rotatable bonds is 3. The van der Waals surface area contributed by atoms with Gasteiger partial charge in [0, 0.05) is 30.9 Å². The number of nitrogens with one attached hydrogen (secondary N) is 1. The summed E-state index contributed by atoms with van der Waals surface area (Å²) in [7, 11) is 0. The molecule has 1 aliphatic heterocycles. The quantitative estimate of drug-likeness (QED) is 0.901. The maximum Gasteiger partial charge on any atom is 0.225 e. The number of H-pyrrole nitrogens is 1. The molecule has 3 rings (SSSR count). The molecule has 0 unspecified atom stereocenters. The lowest BCUT2D eigenvalue weighted by Gasteiger charge is -2.36. The van der Waals surface area contributed by atoms with Gasteiger partial charge in [0.1, 0.15) is 5.82 Å². The Morgan fingerprint density at radius 3 is 2.86 bits per heavy atom. The number of carbonyl (C=O) groups excluding carboxylic acids is 1. The van der Waals surface area contributed by atoms with Gasteiger partial charge in [-0.15, -0.1) is 0 Å². The molecule has 0 aromatic carbocycles. The van der Waals surface area contributed by atoms with Gasteiger partial charge in [-0.3, -0.25) is 4.79 Å². The van der Waals surface area contributed by atoms with E-state index in [1.807, 2.05) is 18.0 Å². The van der Waals surface area contributed by atoms with Gasteiger partial charge in [-0.2, -0.15) is 0 Å². The van der Waals surface area contributed by atoms with Crippen LogP contribution in [0.3, 0.4) is 0 Å². The second-order valence-corrected chi connectivity index (χ2v) is 7.09. The van der Waals surface area contributed by atoms with Crippen LogP contribution in [0.25, 0.3) is 0 Å². The fraction of sp³-hybridized carbons (Fsp3) is 0.765. The number of carbonyl (C=O) groups is 1. The molecule has 1 saturated heterocycles. The molecule has 0 bridgehead atoms. The lowest BCUT2D eigenvalue weighted by atomic mass is 9.82. The van der Waals surface area contributed by atoms with E-state index in [2.05, 4.69) is 9.97 Å². The number of aryl methyl sites for hydroxylation is 1. The first-order chi connectivity index (χ1) is 10.6. The average molecular weight is 305 g/mol. The number of amides is 1. The van der Waals surface area contributed by atoms with Crippen molar-refractivity contribution in [2.24, 2.45) is 0 Å². The van der Waals surface area contributed by atoms with Gasteiger partial charge in [-0.05, 0) is 32.6 Å². The Labute approximate surface area is 132 Å². The van der Waals surface area contributed by atoms with Crippen LogP contribution in [0, 0.1) is 6.92 Å². The molecule has 1 aromatic heterocycles. The molecule has 0 radical (unpaired) electrons.